The van der Waals surface area contributed by atoms with Gasteiger partial charge in [-0.25, -0.2) is 4.39 Å². The average Bonchev–Trinajstić information content (AvgIpc) is 2.93. The summed E-state index contributed by atoms with van der Waals surface area (Å²) >= 11 is 0. The molecule has 4 nitrogen and oxygen atoms in total. The van der Waals surface area contributed by atoms with Crippen LogP contribution in [0.15, 0.2) is 18.2 Å². The van der Waals surface area contributed by atoms with Crippen molar-refractivity contribution in [3.63, 3.8) is 0 Å². The van der Waals surface area contributed by atoms with Crippen molar-refractivity contribution >= 4 is 17.5 Å². The number of amides is 2. The topological polar surface area (TPSA) is 49.4 Å². The number of rotatable bonds is 3. The molecule has 1 aliphatic heterocycles. The van der Waals surface area contributed by atoms with Crippen LogP contribution < -0.4 is 5.32 Å². The minimum atomic E-state index is -1.93. The van der Waals surface area contributed by atoms with Crippen molar-refractivity contribution in [2.24, 2.45) is 0 Å². The Morgan fingerprint density at radius 3 is 2.38 bits per heavy atom. The summed E-state index contributed by atoms with van der Waals surface area (Å²) in [6.45, 7) is 5.81. The van der Waals surface area contributed by atoms with E-state index in [1.54, 1.807) is 25.1 Å². The molecule has 1 heterocycles. The standard InChI is InChI=1S/C16H21FN2O2/c1-11-10-12(14(20)19-8-4-5-9-19)6-7-13(11)18-15(21)16(2,3)17/h6-7,10H,4-5,8-9H2,1-3H3,(H,18,21). The summed E-state index contributed by atoms with van der Waals surface area (Å²) in [5, 5.41) is 2.55. The quantitative estimate of drug-likeness (QED) is 0.931. The van der Waals surface area contributed by atoms with E-state index in [0.717, 1.165) is 31.5 Å². The Bertz CT molecular complexity index is 558. The van der Waals surface area contributed by atoms with Gasteiger partial charge in [0.25, 0.3) is 11.8 Å². The van der Waals surface area contributed by atoms with Crippen LogP contribution in [0, 0.1) is 6.92 Å². The van der Waals surface area contributed by atoms with Gasteiger partial charge in [0.05, 0.1) is 0 Å². The number of likely N-dealkylation sites (tertiary alicyclic amines) is 1. The number of hydrogen-bond donors (Lipinski definition) is 1. The predicted octanol–water partition coefficient (Wildman–Crippen LogP) is 2.92. The first-order valence-corrected chi connectivity index (χ1v) is 7.19. The molecule has 1 fully saturated rings. The van der Waals surface area contributed by atoms with E-state index in [0.29, 0.717) is 11.3 Å². The van der Waals surface area contributed by atoms with E-state index in [2.05, 4.69) is 5.32 Å². The Hall–Kier alpha value is -1.91. The second-order valence-corrected chi connectivity index (χ2v) is 5.96. The Morgan fingerprint density at radius 2 is 1.86 bits per heavy atom. The van der Waals surface area contributed by atoms with Gasteiger partial charge in [0.15, 0.2) is 5.67 Å². The van der Waals surface area contributed by atoms with Gasteiger partial charge >= 0.3 is 0 Å². The fourth-order valence-electron chi connectivity index (χ4n) is 2.31. The molecule has 1 aliphatic rings. The Kier molecular flexibility index (Phi) is 4.30. The van der Waals surface area contributed by atoms with Gasteiger partial charge in [0, 0.05) is 24.3 Å². The predicted molar refractivity (Wildman–Crippen MR) is 80.1 cm³/mol. The monoisotopic (exact) mass is 292 g/mol. The number of benzene rings is 1. The number of nitrogens with zero attached hydrogens (tertiary/aromatic N) is 1. The van der Waals surface area contributed by atoms with Crippen LogP contribution in [-0.4, -0.2) is 35.5 Å². The molecule has 1 saturated heterocycles. The van der Waals surface area contributed by atoms with Crippen LogP contribution in [0.4, 0.5) is 10.1 Å². The maximum Gasteiger partial charge on any atom is 0.261 e. The number of anilines is 1. The lowest BCUT2D eigenvalue weighted by atomic mass is 10.1. The average molecular weight is 292 g/mol. The largest absolute Gasteiger partial charge is 0.339 e. The van der Waals surface area contributed by atoms with Crippen LogP contribution in [0.3, 0.4) is 0 Å². The lowest BCUT2D eigenvalue weighted by Crippen LogP contribution is -2.32. The molecule has 0 aliphatic carbocycles. The van der Waals surface area contributed by atoms with Gasteiger partial charge in [-0.1, -0.05) is 0 Å². The summed E-state index contributed by atoms with van der Waals surface area (Å²) in [6.07, 6.45) is 2.09. The van der Waals surface area contributed by atoms with Crippen LogP contribution in [0.5, 0.6) is 0 Å². The van der Waals surface area contributed by atoms with Crippen molar-refractivity contribution in [2.75, 3.05) is 18.4 Å². The fraction of sp³-hybridized carbons (Fsp3) is 0.500. The summed E-state index contributed by atoms with van der Waals surface area (Å²) < 4.78 is 13.5. The summed E-state index contributed by atoms with van der Waals surface area (Å²) in [5.41, 5.74) is -0.0514. The Morgan fingerprint density at radius 1 is 1.24 bits per heavy atom. The van der Waals surface area contributed by atoms with E-state index in [9.17, 15) is 14.0 Å². The molecule has 0 unspecified atom stereocenters. The van der Waals surface area contributed by atoms with Gasteiger partial charge in [-0.05, 0) is 57.4 Å². The van der Waals surface area contributed by atoms with Crippen LogP contribution in [0.1, 0.15) is 42.6 Å². The van der Waals surface area contributed by atoms with Gasteiger partial charge in [-0.3, -0.25) is 9.59 Å². The molecule has 0 atom stereocenters. The molecule has 2 rings (SSSR count). The summed E-state index contributed by atoms with van der Waals surface area (Å²) in [7, 11) is 0. The zero-order valence-corrected chi connectivity index (χ0v) is 12.7. The molecule has 0 bridgehead atoms. The van der Waals surface area contributed by atoms with Crippen molar-refractivity contribution in [1.82, 2.24) is 4.90 Å². The van der Waals surface area contributed by atoms with Crippen molar-refractivity contribution in [3.05, 3.63) is 29.3 Å². The van der Waals surface area contributed by atoms with E-state index in [-0.39, 0.29) is 5.91 Å². The molecule has 1 aromatic rings. The van der Waals surface area contributed by atoms with E-state index in [4.69, 9.17) is 0 Å². The SMILES string of the molecule is Cc1cc(C(=O)N2CCCC2)ccc1NC(=O)C(C)(C)F. The highest BCUT2D eigenvalue weighted by molar-refractivity contribution is 5.99. The van der Waals surface area contributed by atoms with Crippen molar-refractivity contribution < 1.29 is 14.0 Å². The molecule has 114 valence electrons. The van der Waals surface area contributed by atoms with Crippen LogP contribution in [-0.2, 0) is 4.79 Å². The smallest absolute Gasteiger partial charge is 0.261 e. The van der Waals surface area contributed by atoms with Crippen LogP contribution in [0.25, 0.3) is 0 Å². The Balaban J connectivity index is 2.14. The van der Waals surface area contributed by atoms with Crippen LogP contribution in [0.2, 0.25) is 0 Å². The third-order valence-electron chi connectivity index (χ3n) is 3.65. The zero-order chi connectivity index (χ0) is 15.6. The third kappa shape index (κ3) is 3.60. The van der Waals surface area contributed by atoms with Gasteiger partial charge in [0.2, 0.25) is 0 Å². The van der Waals surface area contributed by atoms with Crippen LogP contribution >= 0.6 is 0 Å². The maximum absolute atomic E-state index is 13.5. The fourth-order valence-corrected chi connectivity index (χ4v) is 2.31. The number of aryl methyl sites for hydroxylation is 1. The minimum Gasteiger partial charge on any atom is -0.339 e. The summed E-state index contributed by atoms with van der Waals surface area (Å²) in [5.74, 6) is -0.677. The molecule has 5 heteroatoms. The van der Waals surface area contributed by atoms with Gasteiger partial charge in [-0.2, -0.15) is 0 Å². The number of halogens is 1. The molecular weight excluding hydrogens is 271 g/mol. The molecule has 0 saturated carbocycles. The first-order chi connectivity index (χ1) is 9.79. The molecular formula is C16H21FN2O2. The molecule has 2 amide bonds. The van der Waals surface area contributed by atoms with E-state index < -0.39 is 11.6 Å². The molecule has 1 N–H and O–H groups in total. The number of carbonyl (C=O) groups is 2. The molecule has 1 aromatic carbocycles. The summed E-state index contributed by atoms with van der Waals surface area (Å²) in [4.78, 5) is 25.8. The lowest BCUT2D eigenvalue weighted by Gasteiger charge is -2.18. The van der Waals surface area contributed by atoms with E-state index in [1.807, 2.05) is 4.90 Å². The second-order valence-electron chi connectivity index (χ2n) is 5.96. The number of carbonyl (C=O) groups excluding carboxylic acids is 2. The number of alkyl halides is 1. The van der Waals surface area contributed by atoms with Crippen molar-refractivity contribution in [1.29, 1.82) is 0 Å². The van der Waals surface area contributed by atoms with E-state index in [1.165, 1.54) is 13.8 Å². The van der Waals surface area contributed by atoms with E-state index >= 15 is 0 Å². The first kappa shape index (κ1) is 15.5. The lowest BCUT2D eigenvalue weighted by molar-refractivity contribution is -0.125. The number of hydrogen-bond acceptors (Lipinski definition) is 2. The van der Waals surface area contributed by atoms with Gasteiger partial charge < -0.3 is 10.2 Å². The molecule has 0 aromatic heterocycles. The highest BCUT2D eigenvalue weighted by Crippen LogP contribution is 2.21. The second kappa shape index (κ2) is 5.84. The highest BCUT2D eigenvalue weighted by atomic mass is 19.1. The summed E-state index contributed by atoms with van der Waals surface area (Å²) in [6, 6.07) is 5.07. The Labute approximate surface area is 124 Å². The maximum atomic E-state index is 13.5. The highest BCUT2D eigenvalue weighted by Gasteiger charge is 2.27. The molecule has 21 heavy (non-hydrogen) atoms. The molecule has 0 spiro atoms. The zero-order valence-electron chi connectivity index (χ0n) is 12.7. The third-order valence-corrected chi connectivity index (χ3v) is 3.65. The first-order valence-electron chi connectivity index (χ1n) is 7.19. The van der Waals surface area contributed by atoms with Gasteiger partial charge in [-0.15, -0.1) is 0 Å². The number of nitrogens with one attached hydrogen (secondary N) is 1. The minimum absolute atomic E-state index is 0.0132. The molecule has 0 radical (unpaired) electrons. The normalized spacial score (nSPS) is 15.1. The van der Waals surface area contributed by atoms with Gasteiger partial charge in [0.1, 0.15) is 0 Å². The van der Waals surface area contributed by atoms with Crippen molar-refractivity contribution in [2.45, 2.75) is 39.3 Å². The van der Waals surface area contributed by atoms with Crippen molar-refractivity contribution in [3.8, 4) is 0 Å².